The molecule has 7 nitrogen and oxygen atoms in total. The van der Waals surface area contributed by atoms with Gasteiger partial charge in [0.15, 0.2) is 6.29 Å². The number of aliphatic hydroxyl groups is 4. The van der Waals surface area contributed by atoms with Gasteiger partial charge in [0.05, 0.1) is 13.2 Å². The zero-order valence-electron chi connectivity index (χ0n) is 13.0. The molecule has 7 heteroatoms. The molecule has 1 aromatic rings. The molecule has 5 atom stereocenters. The van der Waals surface area contributed by atoms with Gasteiger partial charge in [-0.2, -0.15) is 0 Å². The molecule has 23 heavy (non-hydrogen) atoms. The number of hydrogen-bond acceptors (Lipinski definition) is 7. The number of ether oxygens (including phenoxy) is 2. The van der Waals surface area contributed by atoms with Gasteiger partial charge in [0.1, 0.15) is 30.2 Å². The second kappa shape index (κ2) is 8.05. The molecular weight excluding hydrogens is 304 g/mol. The summed E-state index contributed by atoms with van der Waals surface area (Å²) >= 11 is 0. The van der Waals surface area contributed by atoms with E-state index in [1.54, 1.807) is 12.1 Å². The number of hydrogen-bond donors (Lipinski definition) is 5. The first-order valence-corrected chi connectivity index (χ1v) is 7.71. The molecule has 1 saturated heterocycles. The molecule has 2 rings (SSSR count). The first kappa shape index (κ1) is 18.1. The number of aromatic hydroxyl groups is 1. The molecular formula is C16H24O7. The van der Waals surface area contributed by atoms with Crippen molar-refractivity contribution in [3.8, 4) is 5.75 Å². The summed E-state index contributed by atoms with van der Waals surface area (Å²) < 4.78 is 10.8. The Morgan fingerprint density at radius 3 is 2.52 bits per heavy atom. The highest BCUT2D eigenvalue weighted by atomic mass is 16.7. The highest BCUT2D eigenvalue weighted by molar-refractivity contribution is 5.38. The lowest BCUT2D eigenvalue weighted by Crippen LogP contribution is -2.59. The molecule has 0 spiro atoms. The fourth-order valence-corrected chi connectivity index (χ4v) is 2.66. The van der Waals surface area contributed by atoms with E-state index in [0.717, 1.165) is 18.4 Å². The SMILES string of the molecule is CCCc1cccc(O)c1COC1OC(CO)C(O)C(O)C1O. The van der Waals surface area contributed by atoms with Gasteiger partial charge in [-0.15, -0.1) is 0 Å². The van der Waals surface area contributed by atoms with Crippen molar-refractivity contribution in [1.29, 1.82) is 0 Å². The van der Waals surface area contributed by atoms with Crippen LogP contribution < -0.4 is 0 Å². The molecule has 0 bridgehead atoms. The lowest BCUT2D eigenvalue weighted by molar-refractivity contribution is -0.304. The molecule has 0 amide bonds. The summed E-state index contributed by atoms with van der Waals surface area (Å²) in [4.78, 5) is 0. The molecule has 1 fully saturated rings. The predicted octanol–water partition coefficient (Wildman–Crippen LogP) is -0.339. The second-order valence-corrected chi connectivity index (χ2v) is 5.67. The van der Waals surface area contributed by atoms with E-state index >= 15 is 0 Å². The molecule has 1 heterocycles. The second-order valence-electron chi connectivity index (χ2n) is 5.67. The molecule has 1 aliphatic heterocycles. The Morgan fingerprint density at radius 2 is 1.87 bits per heavy atom. The van der Waals surface area contributed by atoms with E-state index in [-0.39, 0.29) is 12.4 Å². The van der Waals surface area contributed by atoms with Crippen LogP contribution in [0.2, 0.25) is 0 Å². The molecule has 0 aliphatic carbocycles. The largest absolute Gasteiger partial charge is 0.508 e. The third kappa shape index (κ3) is 4.00. The average Bonchev–Trinajstić information content (AvgIpc) is 2.54. The molecule has 5 N–H and O–H groups in total. The van der Waals surface area contributed by atoms with Crippen molar-refractivity contribution < 1.29 is 35.0 Å². The normalized spacial score (nSPS) is 31.3. The maximum atomic E-state index is 9.99. The van der Waals surface area contributed by atoms with Gasteiger partial charge in [0.25, 0.3) is 0 Å². The molecule has 1 aromatic carbocycles. The van der Waals surface area contributed by atoms with Crippen molar-refractivity contribution in [1.82, 2.24) is 0 Å². The van der Waals surface area contributed by atoms with Crippen LogP contribution in [0, 0.1) is 0 Å². The van der Waals surface area contributed by atoms with Gasteiger partial charge in [0, 0.05) is 5.56 Å². The highest BCUT2D eigenvalue weighted by Crippen LogP contribution is 2.27. The van der Waals surface area contributed by atoms with Crippen LogP contribution in [0.5, 0.6) is 5.75 Å². The Kier molecular flexibility index (Phi) is 6.34. The minimum absolute atomic E-state index is 0.0231. The van der Waals surface area contributed by atoms with E-state index in [1.165, 1.54) is 0 Å². The van der Waals surface area contributed by atoms with Gasteiger partial charge in [-0.1, -0.05) is 25.5 Å². The van der Waals surface area contributed by atoms with Crippen molar-refractivity contribution in [3.63, 3.8) is 0 Å². The standard InChI is InChI=1S/C16H24O7/c1-2-4-9-5-3-6-11(18)10(9)8-22-16-15(21)14(20)13(19)12(7-17)23-16/h3,5-6,12-21H,2,4,7-8H2,1H3. The van der Waals surface area contributed by atoms with Crippen molar-refractivity contribution in [2.45, 2.75) is 57.1 Å². The fraction of sp³-hybridized carbons (Fsp3) is 0.625. The van der Waals surface area contributed by atoms with E-state index in [1.807, 2.05) is 13.0 Å². The Labute approximate surface area is 134 Å². The minimum Gasteiger partial charge on any atom is -0.508 e. The summed E-state index contributed by atoms with van der Waals surface area (Å²) in [6.07, 6.45) is -4.91. The highest BCUT2D eigenvalue weighted by Gasteiger charge is 2.44. The zero-order valence-corrected chi connectivity index (χ0v) is 13.0. The van der Waals surface area contributed by atoms with Gasteiger partial charge in [-0.25, -0.2) is 0 Å². The first-order chi connectivity index (χ1) is 11.0. The summed E-state index contributed by atoms with van der Waals surface area (Å²) in [6, 6.07) is 5.18. The summed E-state index contributed by atoms with van der Waals surface area (Å²) in [5.74, 6) is 0.0838. The summed E-state index contributed by atoms with van der Waals surface area (Å²) in [5.41, 5.74) is 1.52. The Balaban J connectivity index is 2.08. The summed E-state index contributed by atoms with van der Waals surface area (Å²) in [5, 5.41) is 48.6. The monoisotopic (exact) mass is 328 g/mol. The van der Waals surface area contributed by atoms with Crippen LogP contribution in [-0.4, -0.2) is 62.8 Å². The first-order valence-electron chi connectivity index (χ1n) is 7.71. The Bertz CT molecular complexity index is 505. The van der Waals surface area contributed by atoms with Gasteiger partial charge in [-0.05, 0) is 18.1 Å². The molecule has 1 aliphatic rings. The smallest absolute Gasteiger partial charge is 0.187 e. The third-order valence-corrected chi connectivity index (χ3v) is 4.01. The van der Waals surface area contributed by atoms with Crippen LogP contribution in [-0.2, 0) is 22.5 Å². The molecule has 0 saturated carbocycles. The van der Waals surface area contributed by atoms with E-state index in [4.69, 9.17) is 14.6 Å². The molecule has 130 valence electrons. The van der Waals surface area contributed by atoms with Gasteiger partial charge in [-0.3, -0.25) is 0 Å². The number of phenols is 1. The summed E-state index contributed by atoms with van der Waals surface area (Å²) in [7, 11) is 0. The van der Waals surface area contributed by atoms with Crippen molar-refractivity contribution >= 4 is 0 Å². The van der Waals surface area contributed by atoms with Crippen LogP contribution >= 0.6 is 0 Å². The van der Waals surface area contributed by atoms with Gasteiger partial charge >= 0.3 is 0 Å². The zero-order chi connectivity index (χ0) is 17.0. The topological polar surface area (TPSA) is 120 Å². The Hall–Kier alpha value is -1.22. The lowest BCUT2D eigenvalue weighted by atomic mass is 9.99. The van der Waals surface area contributed by atoms with Crippen LogP contribution in [0.3, 0.4) is 0 Å². The molecule has 0 aromatic heterocycles. The van der Waals surface area contributed by atoms with Crippen molar-refractivity contribution in [2.75, 3.05) is 6.61 Å². The number of phenolic OH excluding ortho intramolecular Hbond substituents is 1. The quantitative estimate of drug-likeness (QED) is 0.485. The number of aryl methyl sites for hydroxylation is 1. The lowest BCUT2D eigenvalue weighted by Gasteiger charge is -2.39. The Morgan fingerprint density at radius 1 is 1.13 bits per heavy atom. The van der Waals surface area contributed by atoms with Crippen LogP contribution in [0.1, 0.15) is 24.5 Å². The number of benzene rings is 1. The average molecular weight is 328 g/mol. The molecule has 5 unspecified atom stereocenters. The van der Waals surface area contributed by atoms with E-state index in [9.17, 15) is 20.4 Å². The summed E-state index contributed by atoms with van der Waals surface area (Å²) in [6.45, 7) is 1.49. The van der Waals surface area contributed by atoms with Crippen LogP contribution in [0.25, 0.3) is 0 Å². The van der Waals surface area contributed by atoms with Gasteiger partial charge in [0.2, 0.25) is 0 Å². The number of aliphatic hydroxyl groups excluding tert-OH is 4. The van der Waals surface area contributed by atoms with Crippen molar-refractivity contribution in [3.05, 3.63) is 29.3 Å². The third-order valence-electron chi connectivity index (χ3n) is 4.01. The van der Waals surface area contributed by atoms with Crippen molar-refractivity contribution in [2.24, 2.45) is 0 Å². The minimum atomic E-state index is -1.48. The van der Waals surface area contributed by atoms with Crippen LogP contribution in [0.4, 0.5) is 0 Å². The fourth-order valence-electron chi connectivity index (χ4n) is 2.66. The van der Waals surface area contributed by atoms with E-state index < -0.39 is 37.3 Å². The van der Waals surface area contributed by atoms with E-state index in [0.29, 0.717) is 5.56 Å². The van der Waals surface area contributed by atoms with E-state index in [2.05, 4.69) is 0 Å². The number of rotatable bonds is 6. The van der Waals surface area contributed by atoms with Crippen LogP contribution in [0.15, 0.2) is 18.2 Å². The maximum absolute atomic E-state index is 9.99. The predicted molar refractivity (Wildman–Crippen MR) is 80.7 cm³/mol. The maximum Gasteiger partial charge on any atom is 0.187 e. The molecule has 0 radical (unpaired) electrons. The van der Waals surface area contributed by atoms with Gasteiger partial charge < -0.3 is 35.0 Å².